The molecule has 0 aliphatic rings. The van der Waals surface area contributed by atoms with Gasteiger partial charge in [-0.05, 0) is 13.0 Å². The van der Waals surface area contributed by atoms with E-state index in [4.69, 9.17) is 0 Å². The van der Waals surface area contributed by atoms with Gasteiger partial charge in [0.1, 0.15) is 11.9 Å². The highest BCUT2D eigenvalue weighted by molar-refractivity contribution is 5.79. The Labute approximate surface area is 99.1 Å². The monoisotopic (exact) mass is 233 g/mol. The van der Waals surface area contributed by atoms with E-state index in [0.29, 0.717) is 13.0 Å². The number of nitrogens with one attached hydrogen (secondary N) is 2. The zero-order valence-corrected chi connectivity index (χ0v) is 9.63. The van der Waals surface area contributed by atoms with Gasteiger partial charge >= 0.3 is 0 Å². The van der Waals surface area contributed by atoms with E-state index >= 15 is 0 Å². The van der Waals surface area contributed by atoms with Gasteiger partial charge in [0.2, 0.25) is 5.91 Å². The first-order valence-corrected chi connectivity index (χ1v) is 5.52. The first kappa shape index (κ1) is 11.4. The van der Waals surface area contributed by atoms with Crippen molar-refractivity contribution in [3.8, 4) is 0 Å². The molecule has 1 atom stereocenters. The van der Waals surface area contributed by atoms with Crippen molar-refractivity contribution in [3.05, 3.63) is 36.7 Å². The van der Waals surface area contributed by atoms with Gasteiger partial charge in [-0.3, -0.25) is 9.48 Å². The summed E-state index contributed by atoms with van der Waals surface area (Å²) in [6.07, 6.45) is 7.60. The van der Waals surface area contributed by atoms with Gasteiger partial charge in [-0.1, -0.05) is 0 Å². The maximum atomic E-state index is 11.8. The van der Waals surface area contributed by atoms with Crippen molar-refractivity contribution < 1.29 is 4.79 Å². The van der Waals surface area contributed by atoms with E-state index in [2.05, 4.69) is 20.4 Å². The van der Waals surface area contributed by atoms with Crippen LogP contribution in [-0.4, -0.2) is 32.2 Å². The van der Waals surface area contributed by atoms with Crippen LogP contribution in [-0.2, 0) is 11.2 Å². The van der Waals surface area contributed by atoms with Crippen molar-refractivity contribution in [2.45, 2.75) is 19.4 Å². The van der Waals surface area contributed by atoms with Gasteiger partial charge in [0.15, 0.2) is 0 Å². The van der Waals surface area contributed by atoms with Crippen molar-refractivity contribution in [3.63, 3.8) is 0 Å². The zero-order valence-electron chi connectivity index (χ0n) is 9.63. The second-order valence-corrected chi connectivity index (χ2v) is 3.74. The molecule has 0 spiro atoms. The van der Waals surface area contributed by atoms with E-state index in [1.54, 1.807) is 35.5 Å². The molecule has 2 heterocycles. The van der Waals surface area contributed by atoms with Gasteiger partial charge in [-0.2, -0.15) is 5.10 Å². The van der Waals surface area contributed by atoms with Crippen LogP contribution in [0.15, 0.2) is 30.9 Å². The van der Waals surface area contributed by atoms with Gasteiger partial charge in [-0.25, -0.2) is 4.98 Å². The second kappa shape index (κ2) is 5.29. The SMILES string of the molecule is C[C@@H](C(=O)NCCc1ncc[nH]1)n1cccn1. The van der Waals surface area contributed by atoms with Crippen molar-refractivity contribution in [2.24, 2.45) is 0 Å². The average molecular weight is 233 g/mol. The molecule has 0 aliphatic heterocycles. The largest absolute Gasteiger partial charge is 0.354 e. The number of imidazole rings is 1. The van der Waals surface area contributed by atoms with Crippen LogP contribution in [0.5, 0.6) is 0 Å². The molecule has 0 aliphatic carbocycles. The molecule has 17 heavy (non-hydrogen) atoms. The normalized spacial score (nSPS) is 12.3. The van der Waals surface area contributed by atoms with Gasteiger partial charge < -0.3 is 10.3 Å². The molecule has 0 saturated carbocycles. The Morgan fingerprint density at radius 3 is 3.12 bits per heavy atom. The fraction of sp³-hybridized carbons (Fsp3) is 0.364. The van der Waals surface area contributed by atoms with Crippen molar-refractivity contribution in [1.29, 1.82) is 0 Å². The molecule has 2 aromatic rings. The van der Waals surface area contributed by atoms with Gasteiger partial charge in [0, 0.05) is 37.8 Å². The van der Waals surface area contributed by atoms with Crippen molar-refractivity contribution in [1.82, 2.24) is 25.1 Å². The van der Waals surface area contributed by atoms with Gasteiger partial charge in [-0.15, -0.1) is 0 Å². The first-order valence-electron chi connectivity index (χ1n) is 5.52. The average Bonchev–Trinajstić information content (AvgIpc) is 3.00. The lowest BCUT2D eigenvalue weighted by atomic mass is 10.3. The van der Waals surface area contributed by atoms with E-state index < -0.39 is 0 Å². The first-order chi connectivity index (χ1) is 8.27. The second-order valence-electron chi connectivity index (χ2n) is 3.74. The van der Waals surface area contributed by atoms with Crippen LogP contribution in [0.25, 0.3) is 0 Å². The Morgan fingerprint density at radius 2 is 2.47 bits per heavy atom. The molecule has 0 radical (unpaired) electrons. The molecular formula is C11H15N5O. The summed E-state index contributed by atoms with van der Waals surface area (Å²) in [6, 6.07) is 1.51. The summed E-state index contributed by atoms with van der Waals surface area (Å²) in [7, 11) is 0. The lowest BCUT2D eigenvalue weighted by Crippen LogP contribution is -2.32. The quantitative estimate of drug-likeness (QED) is 0.790. The maximum absolute atomic E-state index is 11.8. The molecule has 2 rings (SSSR count). The zero-order chi connectivity index (χ0) is 12.1. The molecule has 2 aromatic heterocycles. The predicted octanol–water partition coefficient (Wildman–Crippen LogP) is 0.526. The summed E-state index contributed by atoms with van der Waals surface area (Å²) < 4.78 is 1.63. The number of aromatic amines is 1. The van der Waals surface area contributed by atoms with Crippen LogP contribution in [0.4, 0.5) is 0 Å². The minimum absolute atomic E-state index is 0.0414. The van der Waals surface area contributed by atoms with E-state index in [0.717, 1.165) is 5.82 Å². The lowest BCUT2D eigenvalue weighted by Gasteiger charge is -2.12. The maximum Gasteiger partial charge on any atom is 0.244 e. The molecule has 6 nitrogen and oxygen atoms in total. The number of hydrogen-bond acceptors (Lipinski definition) is 3. The van der Waals surface area contributed by atoms with Gasteiger partial charge in [0.25, 0.3) is 0 Å². The summed E-state index contributed by atoms with van der Waals surface area (Å²) in [4.78, 5) is 18.8. The number of nitrogens with zero attached hydrogens (tertiary/aromatic N) is 3. The third-order valence-corrected chi connectivity index (χ3v) is 2.52. The third-order valence-electron chi connectivity index (χ3n) is 2.52. The highest BCUT2D eigenvalue weighted by Crippen LogP contribution is 2.02. The number of carbonyl (C=O) groups excluding carboxylic acids is 1. The fourth-order valence-corrected chi connectivity index (χ4v) is 1.52. The molecule has 0 bridgehead atoms. The topological polar surface area (TPSA) is 75.6 Å². The van der Waals surface area contributed by atoms with E-state index in [9.17, 15) is 4.79 Å². The number of hydrogen-bond donors (Lipinski definition) is 2. The van der Waals surface area contributed by atoms with Crippen molar-refractivity contribution in [2.75, 3.05) is 6.54 Å². The molecule has 0 saturated heterocycles. The fourth-order valence-electron chi connectivity index (χ4n) is 1.52. The van der Waals surface area contributed by atoms with Crippen LogP contribution in [0.3, 0.4) is 0 Å². The Balaban J connectivity index is 1.77. The smallest absolute Gasteiger partial charge is 0.244 e. The molecule has 0 aromatic carbocycles. The number of rotatable bonds is 5. The number of H-pyrrole nitrogens is 1. The molecule has 0 unspecified atom stereocenters. The summed E-state index contributed by atoms with van der Waals surface area (Å²) in [5.74, 6) is 0.831. The standard InChI is InChI=1S/C11H15N5O/c1-9(16-8-2-4-15-16)11(17)14-5-3-10-12-6-7-13-10/h2,4,6-9H,3,5H2,1H3,(H,12,13)(H,14,17)/t9-/m0/s1. The molecular weight excluding hydrogens is 218 g/mol. The summed E-state index contributed by atoms with van der Waals surface area (Å²) in [6.45, 7) is 2.38. The summed E-state index contributed by atoms with van der Waals surface area (Å²) >= 11 is 0. The molecule has 90 valence electrons. The van der Waals surface area contributed by atoms with E-state index in [1.165, 1.54) is 0 Å². The molecule has 2 N–H and O–H groups in total. The Hall–Kier alpha value is -2.11. The van der Waals surface area contributed by atoms with E-state index in [1.807, 2.05) is 6.92 Å². The Kier molecular flexibility index (Phi) is 3.54. The van der Waals surface area contributed by atoms with Crippen LogP contribution in [0.2, 0.25) is 0 Å². The number of aromatic nitrogens is 4. The Bertz CT molecular complexity index is 448. The van der Waals surface area contributed by atoms with Crippen LogP contribution in [0.1, 0.15) is 18.8 Å². The third kappa shape index (κ3) is 2.93. The number of amides is 1. The molecule has 0 fully saturated rings. The highest BCUT2D eigenvalue weighted by Gasteiger charge is 2.13. The lowest BCUT2D eigenvalue weighted by molar-refractivity contribution is -0.124. The van der Waals surface area contributed by atoms with Crippen LogP contribution in [0, 0.1) is 0 Å². The minimum Gasteiger partial charge on any atom is -0.354 e. The summed E-state index contributed by atoms with van der Waals surface area (Å²) in [5, 5.41) is 6.88. The summed E-state index contributed by atoms with van der Waals surface area (Å²) in [5.41, 5.74) is 0. The minimum atomic E-state index is -0.290. The highest BCUT2D eigenvalue weighted by atomic mass is 16.2. The van der Waals surface area contributed by atoms with Gasteiger partial charge in [0.05, 0.1) is 0 Å². The van der Waals surface area contributed by atoms with E-state index in [-0.39, 0.29) is 11.9 Å². The molecule has 1 amide bonds. The van der Waals surface area contributed by atoms with Crippen LogP contribution >= 0.6 is 0 Å². The number of carbonyl (C=O) groups is 1. The Morgan fingerprint density at radius 1 is 1.59 bits per heavy atom. The van der Waals surface area contributed by atoms with Crippen LogP contribution < -0.4 is 5.32 Å². The van der Waals surface area contributed by atoms with Crippen molar-refractivity contribution >= 4 is 5.91 Å². The molecule has 6 heteroatoms. The predicted molar refractivity (Wildman–Crippen MR) is 62.2 cm³/mol.